The van der Waals surface area contributed by atoms with Crippen molar-refractivity contribution in [3.63, 3.8) is 0 Å². The minimum absolute atomic E-state index is 0.193. The summed E-state index contributed by atoms with van der Waals surface area (Å²) >= 11 is 0. The van der Waals surface area contributed by atoms with Crippen molar-refractivity contribution in [3.8, 4) is 0 Å². The Morgan fingerprint density at radius 3 is 2.76 bits per heavy atom. The summed E-state index contributed by atoms with van der Waals surface area (Å²) < 4.78 is 5.55. The zero-order chi connectivity index (χ0) is 15.8. The van der Waals surface area contributed by atoms with E-state index in [1.165, 1.54) is 0 Å². The number of carbonyl (C=O) groups excluding carboxylic acids is 2. The lowest BCUT2D eigenvalue weighted by Gasteiger charge is -2.33. The molecule has 4 heteroatoms. The smallest absolute Gasteiger partial charge is 0.323 e. The molecule has 1 amide bonds. The number of nitrogens with one attached hydrogen (secondary N) is 1. The van der Waals surface area contributed by atoms with E-state index in [2.05, 4.69) is 11.9 Å². The largest absolute Gasteiger partial charge is 0.459 e. The first kappa shape index (κ1) is 15.5. The summed E-state index contributed by atoms with van der Waals surface area (Å²) in [6.07, 6.45) is 6.70. The highest BCUT2D eigenvalue weighted by molar-refractivity contribution is 6.07. The number of rotatable bonds is 3. The van der Waals surface area contributed by atoms with Crippen molar-refractivity contribution < 1.29 is 14.3 Å². The average molecular weight is 289 g/mol. The predicted molar refractivity (Wildman–Crippen MR) is 81.2 cm³/mol. The van der Waals surface area contributed by atoms with Crippen LogP contribution in [0.5, 0.6) is 0 Å². The lowest BCUT2D eigenvalue weighted by Crippen LogP contribution is -2.46. The van der Waals surface area contributed by atoms with Crippen molar-refractivity contribution in [3.05, 3.63) is 36.1 Å². The van der Waals surface area contributed by atoms with Crippen molar-refractivity contribution in [1.82, 2.24) is 5.32 Å². The van der Waals surface area contributed by atoms with Crippen LogP contribution in [0.25, 0.3) is 0 Å². The molecule has 0 saturated carbocycles. The second-order valence-electron chi connectivity index (χ2n) is 6.90. The minimum Gasteiger partial charge on any atom is -0.459 e. The lowest BCUT2D eigenvalue weighted by atomic mass is 9.70. The Kier molecular flexibility index (Phi) is 3.83. The quantitative estimate of drug-likeness (QED) is 0.494. The third-order valence-corrected chi connectivity index (χ3v) is 3.76. The summed E-state index contributed by atoms with van der Waals surface area (Å²) in [6, 6.07) is 0. The maximum Gasteiger partial charge on any atom is 0.323 e. The molecule has 0 radical (unpaired) electrons. The molecule has 1 aliphatic heterocycles. The summed E-state index contributed by atoms with van der Waals surface area (Å²) in [5.74, 6) is -0.930. The van der Waals surface area contributed by atoms with Gasteiger partial charge >= 0.3 is 5.97 Å². The number of esters is 1. The van der Waals surface area contributed by atoms with Gasteiger partial charge in [0.1, 0.15) is 5.60 Å². The van der Waals surface area contributed by atoms with Crippen molar-refractivity contribution in [1.29, 1.82) is 0 Å². The Morgan fingerprint density at radius 2 is 2.19 bits per heavy atom. The third kappa shape index (κ3) is 2.80. The molecule has 2 aliphatic rings. The van der Waals surface area contributed by atoms with Crippen LogP contribution in [0.15, 0.2) is 36.1 Å². The normalized spacial score (nSPS) is 27.7. The van der Waals surface area contributed by atoms with E-state index in [1.807, 2.05) is 45.9 Å². The second-order valence-corrected chi connectivity index (χ2v) is 6.90. The first-order valence-corrected chi connectivity index (χ1v) is 7.23. The number of hydrogen-bond donors (Lipinski definition) is 1. The third-order valence-electron chi connectivity index (χ3n) is 3.76. The van der Waals surface area contributed by atoms with Gasteiger partial charge < -0.3 is 10.1 Å². The molecular weight excluding hydrogens is 266 g/mol. The van der Waals surface area contributed by atoms with Gasteiger partial charge in [0.25, 0.3) is 0 Å². The van der Waals surface area contributed by atoms with Gasteiger partial charge in [0.15, 0.2) is 5.41 Å². The highest BCUT2D eigenvalue weighted by Crippen LogP contribution is 2.47. The van der Waals surface area contributed by atoms with Gasteiger partial charge in [-0.3, -0.25) is 9.59 Å². The summed E-state index contributed by atoms with van der Waals surface area (Å²) in [4.78, 5) is 25.4. The van der Waals surface area contributed by atoms with Crippen LogP contribution in [0.4, 0.5) is 0 Å². The molecule has 114 valence electrons. The van der Waals surface area contributed by atoms with Crippen molar-refractivity contribution >= 4 is 11.9 Å². The number of hydrogen-bond acceptors (Lipinski definition) is 3. The molecule has 21 heavy (non-hydrogen) atoms. The van der Waals surface area contributed by atoms with Gasteiger partial charge in [-0.15, -0.1) is 6.58 Å². The fraction of sp³-hybridized carbons (Fsp3) is 0.529. The molecule has 1 unspecified atom stereocenters. The summed E-state index contributed by atoms with van der Waals surface area (Å²) in [7, 11) is 0. The zero-order valence-corrected chi connectivity index (χ0v) is 13.2. The van der Waals surface area contributed by atoms with Gasteiger partial charge in [-0.2, -0.15) is 0 Å². The molecule has 1 N–H and O–H groups in total. The van der Waals surface area contributed by atoms with E-state index in [9.17, 15) is 9.59 Å². The summed E-state index contributed by atoms with van der Waals surface area (Å²) in [5.41, 5.74) is -0.229. The van der Waals surface area contributed by atoms with Crippen LogP contribution < -0.4 is 5.32 Å². The molecule has 1 saturated heterocycles. The fourth-order valence-corrected chi connectivity index (χ4v) is 2.98. The number of carbonyl (C=O) groups is 2. The molecule has 0 bridgehead atoms. The molecule has 1 fully saturated rings. The molecule has 2 atom stereocenters. The van der Waals surface area contributed by atoms with Crippen LogP contribution in [0, 0.1) is 11.3 Å². The van der Waals surface area contributed by atoms with E-state index >= 15 is 0 Å². The first-order valence-electron chi connectivity index (χ1n) is 7.23. The number of ether oxygens (including phenoxy) is 1. The van der Waals surface area contributed by atoms with Crippen molar-refractivity contribution in [2.24, 2.45) is 11.3 Å². The zero-order valence-electron chi connectivity index (χ0n) is 13.2. The van der Waals surface area contributed by atoms with Crippen LogP contribution in [0.1, 0.15) is 40.5 Å². The van der Waals surface area contributed by atoms with Gasteiger partial charge in [-0.05, 0) is 46.6 Å². The van der Waals surface area contributed by atoms with Crippen LogP contribution >= 0.6 is 0 Å². The Hall–Kier alpha value is -1.84. The Labute approximate surface area is 125 Å². The molecule has 0 spiro atoms. The number of amides is 1. The van der Waals surface area contributed by atoms with E-state index in [1.54, 1.807) is 0 Å². The van der Waals surface area contributed by atoms with E-state index in [0.29, 0.717) is 12.8 Å². The van der Waals surface area contributed by atoms with E-state index < -0.39 is 17.0 Å². The maximum atomic E-state index is 12.8. The second kappa shape index (κ2) is 5.17. The maximum absolute atomic E-state index is 12.8. The number of fused-ring (bicyclic) bond motifs is 1. The van der Waals surface area contributed by atoms with Gasteiger partial charge in [0.05, 0.1) is 0 Å². The Balaban J connectivity index is 2.44. The van der Waals surface area contributed by atoms with Gasteiger partial charge in [0.2, 0.25) is 5.91 Å². The first-order chi connectivity index (χ1) is 9.67. The highest BCUT2D eigenvalue weighted by atomic mass is 16.6. The van der Waals surface area contributed by atoms with Crippen LogP contribution in [0.2, 0.25) is 0 Å². The number of allylic oxidation sites excluding steroid dienone is 5. The molecule has 4 nitrogen and oxygen atoms in total. The lowest BCUT2D eigenvalue weighted by molar-refractivity contribution is -0.172. The molecule has 0 aromatic heterocycles. The SMILES string of the molecule is C=C(C)C[C@@]1(C(=O)OC(C)(C)C)C(=O)NC2=CC=CCC21. The molecule has 1 heterocycles. The molecule has 0 aromatic carbocycles. The summed E-state index contributed by atoms with van der Waals surface area (Å²) in [6.45, 7) is 11.2. The van der Waals surface area contributed by atoms with Gasteiger partial charge in [-0.25, -0.2) is 0 Å². The van der Waals surface area contributed by atoms with E-state index in [0.717, 1.165) is 11.3 Å². The average Bonchev–Trinajstić information content (AvgIpc) is 2.61. The Bertz CT molecular complexity index is 551. The van der Waals surface area contributed by atoms with Crippen molar-refractivity contribution in [2.45, 2.75) is 46.1 Å². The molecule has 2 rings (SSSR count). The topological polar surface area (TPSA) is 55.4 Å². The van der Waals surface area contributed by atoms with Crippen LogP contribution in [0.3, 0.4) is 0 Å². The predicted octanol–water partition coefficient (Wildman–Crippen LogP) is 2.87. The van der Waals surface area contributed by atoms with Gasteiger partial charge in [-0.1, -0.05) is 17.7 Å². The van der Waals surface area contributed by atoms with E-state index in [4.69, 9.17) is 4.74 Å². The molecular formula is C17H23NO3. The standard InChI is InChI=1S/C17H23NO3/c1-11(2)10-17(15(20)21-16(3,4)5)12-8-6-7-9-13(12)18-14(17)19/h6-7,9,12H,1,8,10H2,2-5H3,(H,18,19)/t12?,17-/m0/s1. The van der Waals surface area contributed by atoms with E-state index in [-0.39, 0.29) is 11.8 Å². The van der Waals surface area contributed by atoms with Crippen molar-refractivity contribution in [2.75, 3.05) is 0 Å². The van der Waals surface area contributed by atoms with Crippen LogP contribution in [-0.2, 0) is 14.3 Å². The summed E-state index contributed by atoms with van der Waals surface area (Å²) in [5, 5.41) is 2.85. The Morgan fingerprint density at radius 1 is 1.52 bits per heavy atom. The monoisotopic (exact) mass is 289 g/mol. The van der Waals surface area contributed by atoms with Gasteiger partial charge in [0, 0.05) is 11.6 Å². The molecule has 1 aliphatic carbocycles. The minimum atomic E-state index is -1.20. The fourth-order valence-electron chi connectivity index (χ4n) is 2.98. The molecule has 0 aromatic rings. The van der Waals surface area contributed by atoms with Crippen LogP contribution in [-0.4, -0.2) is 17.5 Å². The highest BCUT2D eigenvalue weighted by Gasteiger charge is 2.59.